The van der Waals surface area contributed by atoms with E-state index in [4.69, 9.17) is 21.1 Å². The highest BCUT2D eigenvalue weighted by atomic mass is 16.4. The Labute approximate surface area is 107 Å². The first-order valence-corrected chi connectivity index (χ1v) is 5.44. The molecule has 0 aromatic rings. The zero-order valence-corrected chi connectivity index (χ0v) is 9.90. The molecule has 0 radical (unpaired) electrons. The van der Waals surface area contributed by atoms with Crippen LogP contribution in [0.15, 0.2) is 0 Å². The monoisotopic (exact) mass is 274 g/mol. The van der Waals surface area contributed by atoms with Crippen molar-refractivity contribution in [3.63, 3.8) is 0 Å². The number of hydrogen-bond donors (Lipinski definition) is 4. The van der Waals surface area contributed by atoms with Crippen LogP contribution >= 0.6 is 0 Å². The van der Waals surface area contributed by atoms with Crippen molar-refractivity contribution in [1.29, 1.82) is 0 Å². The van der Waals surface area contributed by atoms with Gasteiger partial charge in [0.15, 0.2) is 0 Å². The van der Waals surface area contributed by atoms with Crippen molar-refractivity contribution in [2.75, 3.05) is 6.54 Å². The van der Waals surface area contributed by atoms with E-state index in [1.54, 1.807) is 0 Å². The fraction of sp³-hybridized carbons (Fsp3) is 0.600. The Kier molecular flexibility index (Phi) is 4.10. The zero-order chi connectivity index (χ0) is 14.8. The summed E-state index contributed by atoms with van der Waals surface area (Å²) in [6.45, 7) is -0.447. The Morgan fingerprint density at radius 2 is 1.74 bits per heavy atom. The maximum absolute atomic E-state index is 11.7. The van der Waals surface area contributed by atoms with Gasteiger partial charge in [-0.15, -0.1) is 0 Å². The van der Waals surface area contributed by atoms with Crippen LogP contribution in [-0.4, -0.2) is 62.2 Å². The third kappa shape index (κ3) is 3.19. The van der Waals surface area contributed by atoms with E-state index in [9.17, 15) is 19.2 Å². The molecule has 0 unspecified atom stereocenters. The van der Waals surface area contributed by atoms with Gasteiger partial charge in [0.2, 0.25) is 5.91 Å². The molecule has 0 aromatic heterocycles. The zero-order valence-electron chi connectivity index (χ0n) is 9.90. The molecule has 0 spiro atoms. The number of carbonyl (C=O) groups is 4. The fourth-order valence-corrected chi connectivity index (χ4v) is 1.93. The van der Waals surface area contributed by atoms with Crippen LogP contribution in [0, 0.1) is 0 Å². The summed E-state index contributed by atoms with van der Waals surface area (Å²) in [7, 11) is 0. The largest absolute Gasteiger partial charge is 0.481 e. The molecule has 1 rings (SSSR count). The average Bonchev–Trinajstić information content (AvgIpc) is 2.66. The summed E-state index contributed by atoms with van der Waals surface area (Å²) in [6, 6.07) is -1.35. The van der Waals surface area contributed by atoms with E-state index in [0.717, 1.165) is 4.90 Å². The van der Waals surface area contributed by atoms with E-state index in [0.29, 0.717) is 0 Å². The first-order chi connectivity index (χ1) is 8.67. The van der Waals surface area contributed by atoms with Crippen LogP contribution in [0.4, 0.5) is 0 Å². The van der Waals surface area contributed by atoms with E-state index in [-0.39, 0.29) is 0 Å². The van der Waals surface area contributed by atoms with Gasteiger partial charge in [-0.1, -0.05) is 0 Å². The summed E-state index contributed by atoms with van der Waals surface area (Å²) < 4.78 is 0. The predicted octanol–water partition coefficient (Wildman–Crippen LogP) is -1.68. The first-order valence-electron chi connectivity index (χ1n) is 5.44. The number of nitrogens with two attached hydrogens (primary N) is 1. The number of amides is 1. The lowest BCUT2D eigenvalue weighted by Gasteiger charge is -2.21. The number of aliphatic carboxylic acids is 3. The number of carboxylic acid groups (broad SMARTS) is 3. The molecule has 2 atom stereocenters. The molecule has 0 bridgehead atoms. The van der Waals surface area contributed by atoms with Crippen molar-refractivity contribution >= 4 is 23.8 Å². The molecule has 106 valence electrons. The second-order valence-electron chi connectivity index (χ2n) is 4.43. The standard InChI is InChI=1S/C10H14N2O7/c11-10(9(18)19)3-5(8(16)17)12(4-10)6(13)1-2-7(14)15/h5H,1-4,11H2,(H,14,15)(H,16,17)(H,18,19)/t5-,10-/m1/s1. The normalized spacial score (nSPS) is 26.2. The lowest BCUT2D eigenvalue weighted by atomic mass is 9.98. The highest BCUT2D eigenvalue weighted by molar-refractivity contribution is 5.90. The molecule has 1 fully saturated rings. The molecule has 1 heterocycles. The van der Waals surface area contributed by atoms with Gasteiger partial charge in [-0.2, -0.15) is 0 Å². The minimum atomic E-state index is -1.82. The van der Waals surface area contributed by atoms with Gasteiger partial charge in [0.25, 0.3) is 0 Å². The third-order valence-corrected chi connectivity index (χ3v) is 2.97. The second-order valence-corrected chi connectivity index (χ2v) is 4.43. The predicted molar refractivity (Wildman–Crippen MR) is 59.2 cm³/mol. The van der Waals surface area contributed by atoms with Gasteiger partial charge in [0.1, 0.15) is 11.6 Å². The summed E-state index contributed by atoms with van der Waals surface area (Å²) >= 11 is 0. The Hall–Kier alpha value is -2.16. The number of carbonyl (C=O) groups excluding carboxylic acids is 1. The smallest absolute Gasteiger partial charge is 0.326 e. The van der Waals surface area contributed by atoms with E-state index in [1.807, 2.05) is 0 Å². The van der Waals surface area contributed by atoms with Gasteiger partial charge in [-0.05, 0) is 0 Å². The maximum Gasteiger partial charge on any atom is 0.326 e. The van der Waals surface area contributed by atoms with Gasteiger partial charge in [-0.25, -0.2) is 4.79 Å². The molecular weight excluding hydrogens is 260 g/mol. The van der Waals surface area contributed by atoms with Crippen LogP contribution < -0.4 is 5.73 Å². The Morgan fingerprint density at radius 1 is 1.16 bits per heavy atom. The van der Waals surface area contributed by atoms with Gasteiger partial charge < -0.3 is 26.0 Å². The highest BCUT2D eigenvalue weighted by Crippen LogP contribution is 2.26. The molecule has 1 aliphatic heterocycles. The van der Waals surface area contributed by atoms with E-state index in [1.165, 1.54) is 0 Å². The van der Waals surface area contributed by atoms with Crippen LogP contribution in [0.3, 0.4) is 0 Å². The molecule has 1 amide bonds. The van der Waals surface area contributed by atoms with E-state index >= 15 is 0 Å². The fourth-order valence-electron chi connectivity index (χ4n) is 1.93. The molecule has 9 nitrogen and oxygen atoms in total. The van der Waals surface area contributed by atoms with Crippen LogP contribution in [0.25, 0.3) is 0 Å². The molecule has 0 aromatic carbocycles. The number of carboxylic acids is 3. The van der Waals surface area contributed by atoms with Crippen molar-refractivity contribution in [2.45, 2.75) is 30.8 Å². The van der Waals surface area contributed by atoms with Gasteiger partial charge in [-0.3, -0.25) is 14.4 Å². The quantitative estimate of drug-likeness (QED) is 0.462. The molecule has 5 N–H and O–H groups in total. The van der Waals surface area contributed by atoms with Crippen molar-refractivity contribution < 1.29 is 34.5 Å². The van der Waals surface area contributed by atoms with Crippen LogP contribution in [-0.2, 0) is 19.2 Å². The van der Waals surface area contributed by atoms with E-state index < -0.39 is 61.2 Å². The average molecular weight is 274 g/mol. The maximum atomic E-state index is 11.7. The van der Waals surface area contributed by atoms with Crippen LogP contribution in [0.5, 0.6) is 0 Å². The Balaban J connectivity index is 2.85. The summed E-state index contributed by atoms with van der Waals surface area (Å²) in [4.78, 5) is 44.9. The van der Waals surface area contributed by atoms with Crippen molar-refractivity contribution in [3.8, 4) is 0 Å². The minimum Gasteiger partial charge on any atom is -0.481 e. The molecule has 19 heavy (non-hydrogen) atoms. The first kappa shape index (κ1) is 14.9. The lowest BCUT2D eigenvalue weighted by Crippen LogP contribution is -2.50. The molecule has 1 aliphatic rings. The molecule has 1 saturated heterocycles. The lowest BCUT2D eigenvalue weighted by molar-refractivity contribution is -0.149. The number of rotatable bonds is 5. The topological polar surface area (TPSA) is 158 Å². The van der Waals surface area contributed by atoms with Gasteiger partial charge >= 0.3 is 17.9 Å². The van der Waals surface area contributed by atoms with Crippen LogP contribution in [0.2, 0.25) is 0 Å². The van der Waals surface area contributed by atoms with E-state index in [2.05, 4.69) is 0 Å². The summed E-state index contributed by atoms with van der Waals surface area (Å²) in [5.41, 5.74) is 3.72. The molecule has 0 saturated carbocycles. The highest BCUT2D eigenvalue weighted by Gasteiger charge is 2.51. The Bertz CT molecular complexity index is 436. The van der Waals surface area contributed by atoms with Gasteiger partial charge in [0.05, 0.1) is 13.0 Å². The SMILES string of the molecule is N[C@]1(C(=O)O)C[C@H](C(=O)O)N(C(=O)CCC(=O)O)C1. The summed E-state index contributed by atoms with van der Waals surface area (Å²) in [6.07, 6.45) is -1.25. The van der Waals surface area contributed by atoms with Crippen molar-refractivity contribution in [1.82, 2.24) is 4.90 Å². The summed E-state index contributed by atoms with van der Waals surface area (Å²) in [5, 5.41) is 26.4. The summed E-state index contributed by atoms with van der Waals surface area (Å²) in [5.74, 6) is -4.69. The molecular formula is C10H14N2O7. The number of nitrogens with zero attached hydrogens (tertiary/aromatic N) is 1. The van der Waals surface area contributed by atoms with Crippen LogP contribution in [0.1, 0.15) is 19.3 Å². The van der Waals surface area contributed by atoms with Crippen molar-refractivity contribution in [2.24, 2.45) is 5.73 Å². The molecule has 9 heteroatoms. The number of hydrogen-bond acceptors (Lipinski definition) is 5. The van der Waals surface area contributed by atoms with Gasteiger partial charge in [0, 0.05) is 12.8 Å². The minimum absolute atomic E-state index is 0.394. The Morgan fingerprint density at radius 3 is 2.16 bits per heavy atom. The van der Waals surface area contributed by atoms with Crippen molar-refractivity contribution in [3.05, 3.63) is 0 Å². The third-order valence-electron chi connectivity index (χ3n) is 2.97. The second kappa shape index (κ2) is 5.22. The number of likely N-dealkylation sites (tertiary alicyclic amines) is 1. The molecule has 0 aliphatic carbocycles.